The quantitative estimate of drug-likeness (QED) is 0.478. The smallest absolute Gasteiger partial charge is 0.180 e. The third kappa shape index (κ3) is 3.08. The molecular formula is C7H17NO3S. The molecule has 12 heavy (non-hydrogen) atoms. The van der Waals surface area contributed by atoms with Crippen LogP contribution < -0.4 is 0 Å². The molecule has 0 aliphatic rings. The van der Waals surface area contributed by atoms with Crippen LogP contribution in [-0.2, 0) is 10.1 Å². The Morgan fingerprint density at radius 3 is 1.50 bits per heavy atom. The van der Waals surface area contributed by atoms with Crippen molar-refractivity contribution in [3.8, 4) is 0 Å². The molecule has 0 amide bonds. The van der Waals surface area contributed by atoms with Crippen molar-refractivity contribution in [1.29, 1.82) is 0 Å². The third-order valence-electron chi connectivity index (χ3n) is 1.63. The fraction of sp³-hybridized carbons (Fsp3) is 1.00. The molecule has 4 nitrogen and oxygen atoms in total. The summed E-state index contributed by atoms with van der Waals surface area (Å²) >= 11 is 0. The van der Waals surface area contributed by atoms with Gasteiger partial charge >= 0.3 is 0 Å². The molecule has 0 aromatic rings. The Labute approximate surface area is 74.5 Å². The fourth-order valence-corrected chi connectivity index (χ4v) is 3.06. The van der Waals surface area contributed by atoms with Crippen LogP contribution >= 0.6 is 0 Å². The van der Waals surface area contributed by atoms with Gasteiger partial charge < -0.3 is 9.04 Å². The number of hydrogen-bond acceptors (Lipinski definition) is 3. The van der Waals surface area contributed by atoms with Crippen molar-refractivity contribution in [2.45, 2.75) is 19.2 Å². The van der Waals surface area contributed by atoms with Crippen LogP contribution in [0.5, 0.6) is 0 Å². The van der Waals surface area contributed by atoms with Gasteiger partial charge in [-0.2, -0.15) is 0 Å². The van der Waals surface area contributed by atoms with Gasteiger partial charge in [0.05, 0.1) is 21.1 Å². The second-order valence-electron chi connectivity index (χ2n) is 4.24. The molecule has 0 saturated carbocycles. The van der Waals surface area contributed by atoms with Gasteiger partial charge in [0.1, 0.15) is 10.1 Å². The van der Waals surface area contributed by atoms with Crippen LogP contribution in [0, 0.1) is 5.92 Å². The molecule has 0 fully saturated rings. The lowest BCUT2D eigenvalue weighted by atomic mass is 10.2. The Hall–Kier alpha value is -0.130. The van der Waals surface area contributed by atoms with Gasteiger partial charge in [0.15, 0.2) is 5.37 Å². The van der Waals surface area contributed by atoms with E-state index >= 15 is 0 Å². The predicted molar refractivity (Wildman–Crippen MR) is 46.4 cm³/mol. The minimum atomic E-state index is -4.20. The zero-order valence-electron chi connectivity index (χ0n) is 8.23. The molecule has 0 bridgehead atoms. The second kappa shape index (κ2) is 3.32. The largest absolute Gasteiger partial charge is 0.743 e. The number of rotatable bonds is 3. The summed E-state index contributed by atoms with van der Waals surface area (Å²) in [4.78, 5) is 0. The van der Waals surface area contributed by atoms with Crippen molar-refractivity contribution < 1.29 is 17.5 Å². The van der Waals surface area contributed by atoms with Gasteiger partial charge in [-0.3, -0.25) is 0 Å². The van der Waals surface area contributed by atoms with E-state index in [1.807, 2.05) is 0 Å². The van der Waals surface area contributed by atoms with Crippen molar-refractivity contribution in [2.75, 3.05) is 21.1 Å². The lowest BCUT2D eigenvalue weighted by Crippen LogP contribution is -2.52. The van der Waals surface area contributed by atoms with Gasteiger partial charge in [0, 0.05) is 5.92 Å². The minimum absolute atomic E-state index is 0.156. The lowest BCUT2D eigenvalue weighted by molar-refractivity contribution is -0.885. The van der Waals surface area contributed by atoms with Gasteiger partial charge in [-0.25, -0.2) is 8.42 Å². The summed E-state index contributed by atoms with van der Waals surface area (Å²) in [5.74, 6) is -0.160. The molecule has 0 saturated heterocycles. The van der Waals surface area contributed by atoms with E-state index < -0.39 is 15.5 Å². The summed E-state index contributed by atoms with van der Waals surface area (Å²) in [6.45, 7) is 3.48. The summed E-state index contributed by atoms with van der Waals surface area (Å²) < 4.78 is 32.7. The molecule has 5 heteroatoms. The molecule has 0 rings (SSSR count). The molecule has 0 aliphatic carbocycles. The van der Waals surface area contributed by atoms with Crippen LogP contribution in [0.2, 0.25) is 0 Å². The van der Waals surface area contributed by atoms with Gasteiger partial charge in [-0.05, 0) is 0 Å². The van der Waals surface area contributed by atoms with E-state index in [2.05, 4.69) is 0 Å². The van der Waals surface area contributed by atoms with Crippen molar-refractivity contribution in [3.63, 3.8) is 0 Å². The first kappa shape index (κ1) is 11.9. The normalized spacial score (nSPS) is 16.6. The molecule has 0 spiro atoms. The first-order valence-electron chi connectivity index (χ1n) is 3.82. The van der Waals surface area contributed by atoms with E-state index in [1.165, 1.54) is 0 Å². The van der Waals surface area contributed by atoms with E-state index in [-0.39, 0.29) is 10.4 Å². The molecular weight excluding hydrogens is 178 g/mol. The maximum Gasteiger partial charge on any atom is 0.180 e. The van der Waals surface area contributed by atoms with Crippen molar-refractivity contribution >= 4 is 10.1 Å². The van der Waals surface area contributed by atoms with Crippen LogP contribution in [0.3, 0.4) is 0 Å². The van der Waals surface area contributed by atoms with Crippen molar-refractivity contribution in [2.24, 2.45) is 5.92 Å². The number of nitrogens with zero attached hydrogens (tertiary/aromatic N) is 1. The van der Waals surface area contributed by atoms with Crippen LogP contribution in [0.4, 0.5) is 0 Å². The van der Waals surface area contributed by atoms with E-state index in [4.69, 9.17) is 0 Å². The molecule has 1 atom stereocenters. The highest BCUT2D eigenvalue weighted by Gasteiger charge is 2.33. The molecule has 74 valence electrons. The SMILES string of the molecule is CC(C)C([N+](C)(C)C)S(=O)(=O)[O-]. The maximum atomic E-state index is 10.8. The lowest BCUT2D eigenvalue weighted by Gasteiger charge is -2.37. The topological polar surface area (TPSA) is 57.2 Å². The Balaban J connectivity index is 4.97. The molecule has 0 N–H and O–H groups in total. The standard InChI is InChI=1S/C7H17NO3S/c1-6(2)7(8(3,4)5)12(9,10)11/h6-7H,1-5H3. The predicted octanol–water partition coefficient (Wildman–Crippen LogP) is 0.220. The molecule has 0 radical (unpaired) electrons. The second-order valence-corrected chi connectivity index (χ2v) is 5.71. The van der Waals surface area contributed by atoms with Crippen molar-refractivity contribution in [1.82, 2.24) is 0 Å². The van der Waals surface area contributed by atoms with Gasteiger partial charge in [0.25, 0.3) is 0 Å². The van der Waals surface area contributed by atoms with Crippen molar-refractivity contribution in [3.05, 3.63) is 0 Å². The fourth-order valence-electron chi connectivity index (χ4n) is 1.62. The van der Waals surface area contributed by atoms with Crippen LogP contribution in [0.1, 0.15) is 13.8 Å². The van der Waals surface area contributed by atoms with E-state index in [0.29, 0.717) is 0 Å². The Bertz CT molecular complexity index is 238. The monoisotopic (exact) mass is 195 g/mol. The van der Waals surface area contributed by atoms with E-state index in [0.717, 1.165) is 0 Å². The Kier molecular flexibility index (Phi) is 3.28. The molecule has 1 unspecified atom stereocenters. The zero-order chi connectivity index (χ0) is 10.2. The average Bonchev–Trinajstić information content (AvgIpc) is 1.49. The molecule has 0 aromatic heterocycles. The minimum Gasteiger partial charge on any atom is -0.743 e. The van der Waals surface area contributed by atoms with E-state index in [1.54, 1.807) is 35.0 Å². The van der Waals surface area contributed by atoms with Gasteiger partial charge in [-0.1, -0.05) is 13.8 Å². The first-order chi connectivity index (χ1) is 5.07. The highest BCUT2D eigenvalue weighted by atomic mass is 32.2. The summed E-state index contributed by atoms with van der Waals surface area (Å²) in [6.07, 6.45) is 0. The molecule has 0 aromatic carbocycles. The van der Waals surface area contributed by atoms with Crippen LogP contribution in [-0.4, -0.2) is 44.0 Å². The summed E-state index contributed by atoms with van der Waals surface area (Å²) in [6, 6.07) is 0. The Morgan fingerprint density at radius 2 is 1.50 bits per heavy atom. The molecule has 0 aliphatic heterocycles. The van der Waals surface area contributed by atoms with Crippen LogP contribution in [0.15, 0.2) is 0 Å². The summed E-state index contributed by atoms with van der Waals surface area (Å²) in [5.41, 5.74) is 0. The molecule has 0 heterocycles. The Morgan fingerprint density at radius 1 is 1.17 bits per heavy atom. The van der Waals surface area contributed by atoms with Gasteiger partial charge in [-0.15, -0.1) is 0 Å². The average molecular weight is 195 g/mol. The third-order valence-corrected chi connectivity index (χ3v) is 3.40. The summed E-state index contributed by atoms with van der Waals surface area (Å²) in [7, 11) is 0.926. The summed E-state index contributed by atoms with van der Waals surface area (Å²) in [5, 5.41) is -0.863. The van der Waals surface area contributed by atoms with Gasteiger partial charge in [0.2, 0.25) is 0 Å². The highest BCUT2D eigenvalue weighted by Crippen LogP contribution is 2.18. The highest BCUT2D eigenvalue weighted by molar-refractivity contribution is 7.86. The zero-order valence-corrected chi connectivity index (χ0v) is 9.05. The number of quaternary nitrogens is 1. The van der Waals surface area contributed by atoms with E-state index in [9.17, 15) is 13.0 Å². The van der Waals surface area contributed by atoms with Crippen LogP contribution in [0.25, 0.3) is 0 Å². The maximum absolute atomic E-state index is 10.8. The number of hydrogen-bond donors (Lipinski definition) is 0. The first-order valence-corrected chi connectivity index (χ1v) is 5.29.